The van der Waals surface area contributed by atoms with Gasteiger partial charge in [-0.3, -0.25) is 62.3 Å². The predicted molar refractivity (Wildman–Crippen MR) is 433 cm³/mol. The number of primary amides is 1. The molecule has 13 N–H and O–H groups in total. The Hall–Kier alpha value is -10.6. The second-order valence-electron chi connectivity index (χ2n) is 29.0. The van der Waals surface area contributed by atoms with E-state index in [2.05, 4.69) is 26.6 Å². The van der Waals surface area contributed by atoms with Gasteiger partial charge in [-0.1, -0.05) is 93.5 Å². The van der Waals surface area contributed by atoms with Crippen molar-refractivity contribution in [2.75, 3.05) is 71.2 Å². The highest BCUT2D eigenvalue weighted by atomic mass is 32.2. The number of nitrogens with two attached hydrogens (primary N) is 3. The van der Waals surface area contributed by atoms with Gasteiger partial charge in [0.25, 0.3) is 12.4 Å². The molecule has 4 aliphatic rings. The van der Waals surface area contributed by atoms with Gasteiger partial charge in [-0.25, -0.2) is 0 Å². The topological polar surface area (TPSA) is 436 Å². The van der Waals surface area contributed by atoms with E-state index in [-0.39, 0.29) is 125 Å². The van der Waals surface area contributed by atoms with Crippen LogP contribution in [0, 0.1) is 5.92 Å². The Labute approximate surface area is 667 Å². The van der Waals surface area contributed by atoms with Gasteiger partial charge in [-0.15, -0.1) is 0 Å². The highest BCUT2D eigenvalue weighted by molar-refractivity contribution is 7.98. The number of carbonyl (C=O) groups excluding carboxylic acids is 11. The van der Waals surface area contributed by atoms with Crippen LogP contribution < -0.4 is 54.0 Å². The third kappa shape index (κ3) is 30.1. The Kier molecular flexibility index (Phi) is 36.3. The van der Waals surface area contributed by atoms with Crippen LogP contribution in [0.1, 0.15) is 145 Å². The van der Waals surface area contributed by atoms with Crippen LogP contribution in [0.2, 0.25) is 0 Å². The van der Waals surface area contributed by atoms with Gasteiger partial charge in [0.1, 0.15) is 28.9 Å². The molecule has 0 saturated heterocycles. The number of aliphatic carboxylic acids is 1. The van der Waals surface area contributed by atoms with Crippen LogP contribution in [0.3, 0.4) is 0 Å². The maximum Gasteiger partial charge on any atom is 0.303 e. The van der Waals surface area contributed by atoms with Gasteiger partial charge in [-0.2, -0.15) is 11.8 Å². The Morgan fingerprint density at radius 1 is 0.681 bits per heavy atom. The number of aryl methyl sites for hydroxylation is 1. The molecule has 1 aliphatic carbocycles. The Morgan fingerprint density at radius 3 is 1.95 bits per heavy atom. The van der Waals surface area contributed by atoms with Crippen LogP contribution in [0.4, 0.5) is 0 Å². The minimum absolute atomic E-state index is 0.00338. The number of hydrogen-bond acceptors (Lipinski definition) is 20. The zero-order valence-corrected chi connectivity index (χ0v) is 66.2. The largest absolute Gasteiger partial charge is 0.508 e. The Bertz CT molecular complexity index is 4320. The molecule has 0 saturated carbocycles. The number of phenols is 1. The molecule has 113 heavy (non-hydrogen) atoms. The van der Waals surface area contributed by atoms with Crippen LogP contribution in [0.15, 0.2) is 118 Å². The summed E-state index contributed by atoms with van der Waals surface area (Å²) in [6.07, 6.45) is 2.98. The average Bonchev–Trinajstić information content (AvgIpc) is 0.749. The maximum absolute atomic E-state index is 14.4. The summed E-state index contributed by atoms with van der Waals surface area (Å²) >= 11 is 7.23. The maximum atomic E-state index is 14.4. The van der Waals surface area contributed by atoms with Crippen molar-refractivity contribution >= 4 is 111 Å². The van der Waals surface area contributed by atoms with Gasteiger partial charge in [0.15, 0.2) is 5.43 Å². The fourth-order valence-corrected chi connectivity index (χ4v) is 14.6. The molecule has 5 atom stereocenters. The van der Waals surface area contributed by atoms with E-state index in [1.165, 1.54) is 55.6 Å². The van der Waals surface area contributed by atoms with Gasteiger partial charge in [-0.05, 0) is 148 Å². The fourth-order valence-electron chi connectivity index (χ4n) is 13.4. The molecule has 4 aromatic carbocycles. The Balaban J connectivity index is 1.06. The molecule has 3 aliphatic heterocycles. The number of carbonyl (C=O) groups is 12. The highest BCUT2D eigenvalue weighted by Gasteiger charge is 2.31. The van der Waals surface area contributed by atoms with Crippen LogP contribution in [0.25, 0.3) is 33.4 Å². The first-order valence-corrected chi connectivity index (χ1v) is 39.8. The van der Waals surface area contributed by atoms with E-state index in [9.17, 15) is 72.5 Å². The zero-order valence-electron chi connectivity index (χ0n) is 64.6. The van der Waals surface area contributed by atoms with Gasteiger partial charge in [0.2, 0.25) is 53.2 Å². The van der Waals surface area contributed by atoms with Crippen molar-refractivity contribution in [3.8, 4) is 33.9 Å². The normalized spacial score (nSPS) is 17.4. The lowest BCUT2D eigenvalue weighted by molar-refractivity contribution is -0.139. The second-order valence-corrected chi connectivity index (χ2v) is 30.7. The van der Waals surface area contributed by atoms with Crippen molar-refractivity contribution in [1.82, 2.24) is 46.2 Å². The van der Waals surface area contributed by atoms with Crippen LogP contribution >= 0.6 is 24.0 Å². The zero-order chi connectivity index (χ0) is 82.1. The Morgan fingerprint density at radius 2 is 1.31 bits per heavy atom. The van der Waals surface area contributed by atoms with E-state index in [0.717, 1.165) is 16.7 Å². The molecule has 2 bridgehead atoms. The summed E-state index contributed by atoms with van der Waals surface area (Å²) in [6, 6.07) is 25.9. The van der Waals surface area contributed by atoms with Gasteiger partial charge in [0.05, 0.1) is 26.2 Å². The van der Waals surface area contributed by atoms with E-state index in [4.69, 9.17) is 38.6 Å². The molecule has 0 radical (unpaired) electrons. The van der Waals surface area contributed by atoms with Crippen molar-refractivity contribution in [3.63, 3.8) is 0 Å². The third-order valence-corrected chi connectivity index (χ3v) is 20.3. The van der Waals surface area contributed by atoms with E-state index in [1.54, 1.807) is 62.4 Å². The lowest BCUT2D eigenvalue weighted by Gasteiger charge is -2.31. The summed E-state index contributed by atoms with van der Waals surface area (Å²) in [5, 5.41) is 35.0. The number of nitrogens with zero attached hydrogens (tertiary/aromatic N) is 4. The number of ether oxygens (including phenoxy) is 1. The number of nitrogens with one attached hydrogen (secondary N) is 5. The van der Waals surface area contributed by atoms with Crippen molar-refractivity contribution in [1.29, 1.82) is 0 Å². The molecule has 3 heterocycles. The molecule has 4 aromatic rings. The van der Waals surface area contributed by atoms with Gasteiger partial charge < -0.3 is 82.8 Å². The smallest absolute Gasteiger partial charge is 0.303 e. The summed E-state index contributed by atoms with van der Waals surface area (Å²) in [6.45, 7) is 4.70. The number of unbranched alkanes of at least 4 members (excludes halogenated alkanes) is 2. The fraction of sp³-hybridized carbons (Fsp3) is 0.463. The predicted octanol–water partition coefficient (Wildman–Crippen LogP) is 5.90. The highest BCUT2D eigenvalue weighted by Crippen LogP contribution is 2.44. The molecular weight excluding hydrogens is 1490 g/mol. The summed E-state index contributed by atoms with van der Waals surface area (Å²) < 4.78 is 11.5. The lowest BCUT2D eigenvalue weighted by atomic mass is 9.92. The number of phenolic OH excluding ortho intramolecular Hbond substituents is 1. The number of carboxylic acids is 1. The van der Waals surface area contributed by atoms with Crippen molar-refractivity contribution in [2.45, 2.75) is 166 Å². The summed E-state index contributed by atoms with van der Waals surface area (Å²) in [7, 11) is 0. The number of thioether (sulfide) groups is 1. The number of carboxylic acid groups (broad SMARTS) is 1. The molecular formula is C82H106N12O17S2. The first kappa shape index (κ1) is 89.6. The molecule has 0 fully saturated rings. The van der Waals surface area contributed by atoms with Crippen molar-refractivity contribution in [2.24, 2.45) is 23.1 Å². The van der Waals surface area contributed by atoms with Crippen LogP contribution in [0.5, 0.6) is 11.5 Å². The molecule has 10 amide bonds. The second kappa shape index (κ2) is 45.8. The first-order chi connectivity index (χ1) is 54.1. The number of rotatable bonds is 29. The average molecular weight is 1600 g/mol. The quantitative estimate of drug-likeness (QED) is 0.00858. The van der Waals surface area contributed by atoms with Gasteiger partial charge in [0, 0.05) is 140 Å². The van der Waals surface area contributed by atoms with E-state index >= 15 is 0 Å². The first-order valence-electron chi connectivity index (χ1n) is 38.2. The number of hydrogen-bond donors (Lipinski definition) is 10. The van der Waals surface area contributed by atoms with Crippen LogP contribution in [-0.2, 0) is 71.3 Å². The van der Waals surface area contributed by atoms with Gasteiger partial charge >= 0.3 is 5.97 Å². The van der Waals surface area contributed by atoms with Crippen molar-refractivity contribution < 1.29 is 76.9 Å². The van der Waals surface area contributed by atoms with Crippen LogP contribution in [-0.4, -0.2) is 208 Å². The number of benzene rings is 5. The molecule has 0 spiro atoms. The summed E-state index contributed by atoms with van der Waals surface area (Å²) in [4.78, 5) is 182. The molecule has 29 nitrogen and oxygen atoms in total. The number of thiocarbonyl (C=S) groups is 1. The molecule has 31 heteroatoms. The standard InChI is InChI=1S/C82H106N12O17S2/c1-52(2)37-60-45-94(77(104)31-22-55-13-7-5-8-14-55)48-73(100)88-59(25-32-79(106)107)44-93(76(103)18-12-35-84)47-72(99)87-53(3)42-91(75(102)17-11-34-83)46-71(98)86-54(4)43-92(78(105)33-36-113-50-56-19-23-58(24-20-56)82(109)89-60)49-74(101)90-67(81(85)108)16-10-6-9-15-63(112)38-57-21-28-64(68(39-57)110-51-95)80-65-29-26-61(96)40-69(65)111-70-41-62(97)27-30-66(70)80/h5,7-8,13-14,19-21,23-24,26-30,39-41,51-54,59-60,67,96H,6,9-12,15-18,22,25,31-38,42-50,83-84H2,1-4H3,(H2,85,108)(H,86,98)(H,87,99)(H,88,100)(H,89,109)(H,90,101)(H,106,107)/t53-,54-,59-,60-,67-/m0/s1. The molecule has 0 unspecified atom stereocenters. The third-order valence-electron chi connectivity index (χ3n) is 18.9. The summed E-state index contributed by atoms with van der Waals surface area (Å²) in [5.74, 6) is -5.94. The molecule has 8 rings (SSSR count). The van der Waals surface area contributed by atoms with E-state index in [0.29, 0.717) is 95.3 Å². The lowest BCUT2D eigenvalue weighted by Crippen LogP contribution is -2.54. The monoisotopic (exact) mass is 1590 g/mol. The van der Waals surface area contributed by atoms with E-state index < -0.39 is 128 Å². The minimum atomic E-state index is -1.20. The minimum Gasteiger partial charge on any atom is -0.508 e. The molecule has 0 aromatic heterocycles. The summed E-state index contributed by atoms with van der Waals surface area (Å²) in [5.41, 5.74) is 22.0. The van der Waals surface area contributed by atoms with E-state index in [1.807, 2.05) is 50.2 Å². The number of fused-ring (bicyclic) bond motifs is 31. The molecule has 608 valence electrons. The number of amides is 10. The SMILES string of the molecule is CC(C)C[C@H]1CN(C(=O)CCc2ccccc2)CC(=O)N[C@@H](CCC(=O)O)CN(C(=O)CCCN)CC(=O)N[C@@H](C)CN(C(=O)CCCN)CC(=O)N[C@@H](C)CN(CC(=O)N[C@@H](CCCCCC(=S)Cc2ccc(-c3c4ccc(=O)cc-4oc4cc(O)ccc34)c(OC=O)c2)C(N)=O)C(=O)CCSCc2ccc(cc2)C(=O)N1. The number of aromatic hydroxyl groups is 1. The van der Waals surface area contributed by atoms with Crippen molar-refractivity contribution in [3.05, 3.63) is 142 Å².